The summed E-state index contributed by atoms with van der Waals surface area (Å²) in [5.74, 6) is -0.706. The van der Waals surface area contributed by atoms with Crippen LogP contribution in [0.5, 0.6) is 0 Å². The lowest BCUT2D eigenvalue weighted by Gasteiger charge is -2.40. The smallest absolute Gasteiger partial charge is 0.410 e. The zero-order valence-electron chi connectivity index (χ0n) is 18.1. The van der Waals surface area contributed by atoms with Crippen molar-refractivity contribution in [3.8, 4) is 5.69 Å². The number of hydrogen-bond acceptors (Lipinski definition) is 4. The van der Waals surface area contributed by atoms with Crippen molar-refractivity contribution in [2.75, 3.05) is 6.54 Å². The molecular formula is C22H29FN4O3. The molecule has 7 nitrogen and oxygen atoms in total. The van der Waals surface area contributed by atoms with Crippen LogP contribution in [0, 0.1) is 12.7 Å². The molecule has 2 amide bonds. The standard InChI is InChI=1S/C22H29FN4O3/c1-14-16(13-24-27(14)19-11-7-6-9-17(19)23)20(28)25-18-10-8-12-26(15(18)2)21(29)30-22(3,4)5/h6-7,9,11,13,15,18H,8,10,12H2,1-5H3,(H,25,28)/t15-,18-/m1/s1. The van der Waals surface area contributed by atoms with E-state index in [-0.39, 0.29) is 29.8 Å². The molecule has 1 aromatic heterocycles. The normalized spacial score (nSPS) is 19.5. The Hall–Kier alpha value is -2.90. The maximum Gasteiger partial charge on any atom is 0.410 e. The molecule has 2 heterocycles. The summed E-state index contributed by atoms with van der Waals surface area (Å²) >= 11 is 0. The Balaban J connectivity index is 1.73. The average molecular weight is 416 g/mol. The Morgan fingerprint density at radius 1 is 1.27 bits per heavy atom. The van der Waals surface area contributed by atoms with Gasteiger partial charge in [-0.3, -0.25) is 4.79 Å². The van der Waals surface area contributed by atoms with E-state index in [0.717, 1.165) is 12.8 Å². The van der Waals surface area contributed by atoms with Crippen LogP contribution in [0.25, 0.3) is 5.69 Å². The van der Waals surface area contributed by atoms with Crippen molar-refractivity contribution in [3.63, 3.8) is 0 Å². The van der Waals surface area contributed by atoms with Gasteiger partial charge in [0.1, 0.15) is 17.1 Å². The lowest BCUT2D eigenvalue weighted by atomic mass is 9.97. The van der Waals surface area contributed by atoms with Gasteiger partial charge < -0.3 is 15.0 Å². The van der Waals surface area contributed by atoms with Gasteiger partial charge in [-0.1, -0.05) is 12.1 Å². The lowest BCUT2D eigenvalue weighted by Crippen LogP contribution is -2.56. The van der Waals surface area contributed by atoms with Crippen molar-refractivity contribution < 1.29 is 18.7 Å². The predicted octanol–water partition coefficient (Wildman–Crippen LogP) is 3.84. The van der Waals surface area contributed by atoms with Crippen LogP contribution in [0.2, 0.25) is 0 Å². The van der Waals surface area contributed by atoms with E-state index in [0.29, 0.717) is 17.8 Å². The van der Waals surface area contributed by atoms with Crippen LogP contribution in [-0.4, -0.2) is 50.9 Å². The molecule has 30 heavy (non-hydrogen) atoms. The summed E-state index contributed by atoms with van der Waals surface area (Å²) in [6.45, 7) is 9.71. The highest BCUT2D eigenvalue weighted by atomic mass is 19.1. The van der Waals surface area contributed by atoms with Crippen molar-refractivity contribution in [2.45, 2.75) is 65.1 Å². The van der Waals surface area contributed by atoms with Gasteiger partial charge in [0.2, 0.25) is 0 Å². The second-order valence-corrected chi connectivity index (χ2v) is 8.64. The Bertz CT molecular complexity index is 935. The van der Waals surface area contributed by atoms with E-state index in [9.17, 15) is 14.0 Å². The van der Waals surface area contributed by atoms with E-state index in [1.807, 2.05) is 27.7 Å². The molecule has 8 heteroatoms. The van der Waals surface area contributed by atoms with Crippen molar-refractivity contribution in [1.29, 1.82) is 0 Å². The van der Waals surface area contributed by atoms with Crippen molar-refractivity contribution >= 4 is 12.0 Å². The SMILES string of the molecule is Cc1c(C(=O)N[C@@H]2CCCN(C(=O)OC(C)(C)C)[C@@H]2C)cnn1-c1ccccc1F. The van der Waals surface area contributed by atoms with Gasteiger partial charge in [0, 0.05) is 12.6 Å². The number of rotatable bonds is 3. The number of nitrogens with zero attached hydrogens (tertiary/aromatic N) is 3. The first-order valence-corrected chi connectivity index (χ1v) is 10.2. The molecule has 2 aromatic rings. The molecule has 0 saturated carbocycles. The third-order valence-electron chi connectivity index (χ3n) is 5.27. The van der Waals surface area contributed by atoms with Crippen molar-refractivity contribution in [2.24, 2.45) is 0 Å². The Morgan fingerprint density at radius 3 is 2.63 bits per heavy atom. The molecule has 0 unspecified atom stereocenters. The highest BCUT2D eigenvalue weighted by molar-refractivity contribution is 5.95. The van der Waals surface area contributed by atoms with Crippen LogP contribution in [0.4, 0.5) is 9.18 Å². The number of ether oxygens (including phenoxy) is 1. The number of carbonyl (C=O) groups excluding carboxylic acids is 2. The van der Waals surface area contributed by atoms with E-state index in [2.05, 4.69) is 10.4 Å². The summed E-state index contributed by atoms with van der Waals surface area (Å²) in [5.41, 5.74) is 0.631. The molecule has 162 valence electrons. The maximum atomic E-state index is 14.1. The number of nitrogens with one attached hydrogen (secondary N) is 1. The van der Waals surface area contributed by atoms with Crippen molar-refractivity contribution in [3.05, 3.63) is 47.5 Å². The van der Waals surface area contributed by atoms with Crippen LogP contribution in [0.3, 0.4) is 0 Å². The third kappa shape index (κ3) is 4.63. The molecule has 0 aliphatic carbocycles. The highest BCUT2D eigenvalue weighted by Gasteiger charge is 2.35. The number of amides is 2. The Kier molecular flexibility index (Phi) is 6.14. The van der Waals surface area contributed by atoms with Gasteiger partial charge >= 0.3 is 6.09 Å². The minimum absolute atomic E-state index is 0.209. The third-order valence-corrected chi connectivity index (χ3v) is 5.27. The van der Waals surface area contributed by atoms with Gasteiger partial charge in [0.15, 0.2) is 0 Å². The van der Waals surface area contributed by atoms with E-state index in [1.54, 1.807) is 30.0 Å². The molecule has 1 saturated heterocycles. The van der Waals surface area contributed by atoms with E-state index < -0.39 is 11.4 Å². The second kappa shape index (κ2) is 8.45. The maximum absolute atomic E-state index is 14.1. The summed E-state index contributed by atoms with van der Waals surface area (Å²) < 4.78 is 21.0. The molecule has 0 spiro atoms. The highest BCUT2D eigenvalue weighted by Crippen LogP contribution is 2.22. The lowest BCUT2D eigenvalue weighted by molar-refractivity contribution is 0.00699. The minimum atomic E-state index is -0.578. The number of hydrogen-bond donors (Lipinski definition) is 1. The number of carbonyl (C=O) groups is 2. The largest absolute Gasteiger partial charge is 0.444 e. The van der Waals surface area contributed by atoms with E-state index >= 15 is 0 Å². The number of likely N-dealkylation sites (tertiary alicyclic amines) is 1. The molecule has 1 aliphatic heterocycles. The molecule has 2 atom stereocenters. The first-order valence-electron chi connectivity index (χ1n) is 10.2. The first-order chi connectivity index (χ1) is 14.1. The Morgan fingerprint density at radius 2 is 1.97 bits per heavy atom. The zero-order chi connectivity index (χ0) is 22.1. The molecule has 1 N–H and O–H groups in total. The average Bonchev–Trinajstić information content (AvgIpc) is 3.03. The molecule has 1 aliphatic rings. The number of para-hydroxylation sites is 1. The van der Waals surface area contributed by atoms with Crippen LogP contribution in [0.15, 0.2) is 30.5 Å². The molecule has 0 bridgehead atoms. The predicted molar refractivity (Wildman–Crippen MR) is 111 cm³/mol. The minimum Gasteiger partial charge on any atom is -0.444 e. The number of piperidine rings is 1. The molecule has 3 rings (SSSR count). The first kappa shape index (κ1) is 21.8. The van der Waals surface area contributed by atoms with Gasteiger partial charge in [-0.15, -0.1) is 0 Å². The summed E-state index contributed by atoms with van der Waals surface area (Å²) in [6.07, 6.45) is 2.59. The molecule has 1 aromatic carbocycles. The van der Waals surface area contributed by atoms with E-state index in [4.69, 9.17) is 4.74 Å². The number of benzene rings is 1. The summed E-state index contributed by atoms with van der Waals surface area (Å²) in [4.78, 5) is 27.1. The quantitative estimate of drug-likeness (QED) is 0.825. The fourth-order valence-electron chi connectivity index (χ4n) is 3.66. The summed E-state index contributed by atoms with van der Waals surface area (Å²) in [6, 6.07) is 5.86. The van der Waals surface area contributed by atoms with E-state index in [1.165, 1.54) is 16.9 Å². The van der Waals surface area contributed by atoms with Crippen molar-refractivity contribution in [1.82, 2.24) is 20.0 Å². The fourth-order valence-corrected chi connectivity index (χ4v) is 3.66. The van der Waals surface area contributed by atoms with Gasteiger partial charge in [-0.05, 0) is 59.6 Å². The fraction of sp³-hybridized carbons (Fsp3) is 0.500. The van der Waals surface area contributed by atoms with Gasteiger partial charge in [0.05, 0.1) is 23.5 Å². The van der Waals surface area contributed by atoms with Crippen LogP contribution in [0.1, 0.15) is 56.6 Å². The molecular weight excluding hydrogens is 387 g/mol. The van der Waals surface area contributed by atoms with Gasteiger partial charge in [0.25, 0.3) is 5.91 Å². The van der Waals surface area contributed by atoms with Crippen LogP contribution in [-0.2, 0) is 4.74 Å². The summed E-state index contributed by atoms with van der Waals surface area (Å²) in [7, 11) is 0. The topological polar surface area (TPSA) is 76.5 Å². The Labute approximate surface area is 176 Å². The molecule has 0 radical (unpaired) electrons. The zero-order valence-corrected chi connectivity index (χ0v) is 18.1. The van der Waals surface area contributed by atoms with Gasteiger partial charge in [-0.2, -0.15) is 5.10 Å². The number of aromatic nitrogens is 2. The monoisotopic (exact) mass is 416 g/mol. The second-order valence-electron chi connectivity index (χ2n) is 8.64. The molecule has 1 fully saturated rings. The van der Waals surface area contributed by atoms with Gasteiger partial charge in [-0.25, -0.2) is 13.9 Å². The summed E-state index contributed by atoms with van der Waals surface area (Å²) in [5, 5.41) is 7.21. The number of halogens is 1. The van der Waals surface area contributed by atoms with Crippen LogP contribution >= 0.6 is 0 Å². The van der Waals surface area contributed by atoms with Crippen LogP contribution < -0.4 is 5.32 Å².